The molecule has 0 heterocycles. The number of benzene rings is 1. The molecule has 0 aliphatic heterocycles. The number of hydrogen-bond donors (Lipinski definition) is 2. The van der Waals surface area contributed by atoms with Crippen molar-refractivity contribution in [3.8, 4) is 0 Å². The van der Waals surface area contributed by atoms with Gasteiger partial charge in [0.05, 0.1) is 12.7 Å². The van der Waals surface area contributed by atoms with Crippen LogP contribution in [0.1, 0.15) is 43.4 Å². The summed E-state index contributed by atoms with van der Waals surface area (Å²) in [7, 11) is 1.78. The molecule has 0 saturated carbocycles. The second-order valence-electron chi connectivity index (χ2n) is 5.93. The lowest BCUT2D eigenvalue weighted by Crippen LogP contribution is -2.39. The molecule has 25 heavy (non-hydrogen) atoms. The Bertz CT molecular complexity index is 511. The molecule has 1 unspecified atom stereocenters. The maximum absolute atomic E-state index is 6.12. The topological polar surface area (TPSA) is 54.9 Å². The van der Waals surface area contributed by atoms with Gasteiger partial charge >= 0.3 is 0 Å². The Morgan fingerprint density at radius 1 is 1.20 bits per heavy atom. The van der Waals surface area contributed by atoms with Crippen molar-refractivity contribution in [1.82, 2.24) is 10.6 Å². The van der Waals surface area contributed by atoms with Gasteiger partial charge in [-0.2, -0.15) is 0 Å². The number of guanidine groups is 1. The summed E-state index contributed by atoms with van der Waals surface area (Å²) in [5.41, 5.74) is 2.83. The van der Waals surface area contributed by atoms with Crippen LogP contribution in [0, 0.1) is 0 Å². The first kappa shape index (κ1) is 22.2. The molecule has 0 radical (unpaired) electrons. The fourth-order valence-corrected chi connectivity index (χ4v) is 2.99. The third kappa shape index (κ3) is 7.92. The molecule has 0 bridgehead atoms. The third-order valence-electron chi connectivity index (χ3n) is 4.21. The Morgan fingerprint density at radius 3 is 2.80 bits per heavy atom. The zero-order valence-electron chi connectivity index (χ0n) is 15.4. The van der Waals surface area contributed by atoms with Gasteiger partial charge in [0.1, 0.15) is 0 Å². The molecule has 1 atom stereocenters. The van der Waals surface area contributed by atoms with Crippen LogP contribution in [-0.4, -0.2) is 45.9 Å². The molecule has 0 saturated heterocycles. The average molecular weight is 461 g/mol. The van der Waals surface area contributed by atoms with Crippen LogP contribution in [0.15, 0.2) is 29.3 Å². The quantitative estimate of drug-likeness (QED) is 0.257. The minimum Gasteiger partial charge on any atom is -0.380 e. The third-order valence-corrected chi connectivity index (χ3v) is 4.21. The number of hydrogen-bond acceptors (Lipinski definition) is 3. The van der Waals surface area contributed by atoms with E-state index in [1.54, 1.807) is 7.05 Å². The van der Waals surface area contributed by atoms with E-state index in [9.17, 15) is 0 Å². The van der Waals surface area contributed by atoms with E-state index < -0.39 is 0 Å². The van der Waals surface area contributed by atoms with Crippen molar-refractivity contribution in [2.75, 3.05) is 40.0 Å². The second kappa shape index (κ2) is 13.4. The normalized spacial score (nSPS) is 16.7. The van der Waals surface area contributed by atoms with E-state index in [2.05, 4.69) is 39.9 Å². The van der Waals surface area contributed by atoms with Crippen LogP contribution in [0.2, 0.25) is 0 Å². The van der Waals surface area contributed by atoms with Gasteiger partial charge in [-0.05, 0) is 43.7 Å². The standard InChI is InChI=1S/C19H31N3O2.HI/c1-3-23-15-13-22-19(20-2)21-12-7-14-24-18-11-6-9-16-8-4-5-10-17(16)18;/h4-5,8,10,18H,3,6-7,9,11-15H2,1-2H3,(H2,20,21,22);1H. The molecule has 1 aliphatic carbocycles. The molecule has 2 rings (SSSR count). The number of fused-ring (bicyclic) bond motifs is 1. The van der Waals surface area contributed by atoms with Gasteiger partial charge < -0.3 is 20.1 Å². The predicted molar refractivity (Wildman–Crippen MR) is 114 cm³/mol. The number of aliphatic imine (C=N–C) groups is 1. The summed E-state index contributed by atoms with van der Waals surface area (Å²) < 4.78 is 11.4. The summed E-state index contributed by atoms with van der Waals surface area (Å²) in [4.78, 5) is 4.20. The van der Waals surface area contributed by atoms with E-state index >= 15 is 0 Å². The molecule has 0 amide bonds. The lowest BCUT2D eigenvalue weighted by molar-refractivity contribution is 0.0398. The van der Waals surface area contributed by atoms with E-state index in [-0.39, 0.29) is 30.1 Å². The highest BCUT2D eigenvalue weighted by Gasteiger charge is 2.19. The van der Waals surface area contributed by atoms with Gasteiger partial charge in [0.25, 0.3) is 0 Å². The number of rotatable bonds is 9. The molecule has 0 fully saturated rings. The first-order chi connectivity index (χ1) is 11.8. The number of ether oxygens (including phenoxy) is 2. The first-order valence-electron chi connectivity index (χ1n) is 9.06. The SMILES string of the molecule is CCOCCNC(=NC)NCCCOC1CCCc2ccccc21.I. The fourth-order valence-electron chi connectivity index (χ4n) is 2.99. The molecule has 1 aromatic rings. The summed E-state index contributed by atoms with van der Waals surface area (Å²) in [6, 6.07) is 8.67. The molecule has 1 aromatic carbocycles. The van der Waals surface area contributed by atoms with Crippen LogP contribution in [0.5, 0.6) is 0 Å². The minimum absolute atomic E-state index is 0. The fraction of sp³-hybridized carbons (Fsp3) is 0.632. The van der Waals surface area contributed by atoms with Gasteiger partial charge in [0.15, 0.2) is 5.96 Å². The van der Waals surface area contributed by atoms with Gasteiger partial charge in [-0.3, -0.25) is 4.99 Å². The Labute approximate surface area is 169 Å². The van der Waals surface area contributed by atoms with Gasteiger partial charge in [-0.1, -0.05) is 24.3 Å². The van der Waals surface area contributed by atoms with E-state index in [4.69, 9.17) is 9.47 Å². The summed E-state index contributed by atoms with van der Waals surface area (Å²) in [5, 5.41) is 6.54. The summed E-state index contributed by atoms with van der Waals surface area (Å²) >= 11 is 0. The van der Waals surface area contributed by atoms with Crippen LogP contribution >= 0.6 is 24.0 Å². The van der Waals surface area contributed by atoms with E-state index in [1.807, 2.05) is 6.92 Å². The van der Waals surface area contributed by atoms with Crippen LogP contribution in [0.25, 0.3) is 0 Å². The van der Waals surface area contributed by atoms with Crippen molar-refractivity contribution >= 4 is 29.9 Å². The van der Waals surface area contributed by atoms with Crippen molar-refractivity contribution in [3.63, 3.8) is 0 Å². The Kier molecular flexibility index (Phi) is 11.9. The zero-order valence-corrected chi connectivity index (χ0v) is 17.8. The van der Waals surface area contributed by atoms with Crippen molar-refractivity contribution in [3.05, 3.63) is 35.4 Å². The number of nitrogens with one attached hydrogen (secondary N) is 2. The molecular formula is C19H32IN3O2. The van der Waals surface area contributed by atoms with Crippen molar-refractivity contribution in [2.24, 2.45) is 4.99 Å². The van der Waals surface area contributed by atoms with Crippen molar-refractivity contribution in [2.45, 2.75) is 38.7 Å². The molecule has 5 nitrogen and oxygen atoms in total. The molecule has 1 aliphatic rings. The molecule has 6 heteroatoms. The Hall–Kier alpha value is -0.860. The Morgan fingerprint density at radius 2 is 2.00 bits per heavy atom. The number of halogens is 1. The maximum atomic E-state index is 6.12. The van der Waals surface area contributed by atoms with Crippen LogP contribution in [0.4, 0.5) is 0 Å². The number of aryl methyl sites for hydroxylation is 1. The van der Waals surface area contributed by atoms with Gasteiger partial charge in [-0.15, -0.1) is 24.0 Å². The molecule has 0 aromatic heterocycles. The van der Waals surface area contributed by atoms with Crippen LogP contribution in [-0.2, 0) is 15.9 Å². The first-order valence-corrected chi connectivity index (χ1v) is 9.06. The van der Waals surface area contributed by atoms with Crippen molar-refractivity contribution < 1.29 is 9.47 Å². The maximum Gasteiger partial charge on any atom is 0.191 e. The lowest BCUT2D eigenvalue weighted by atomic mass is 9.89. The highest BCUT2D eigenvalue weighted by atomic mass is 127. The van der Waals surface area contributed by atoms with Gasteiger partial charge in [0.2, 0.25) is 0 Å². The highest BCUT2D eigenvalue weighted by Crippen LogP contribution is 2.32. The predicted octanol–water partition coefficient (Wildman–Crippen LogP) is 3.29. The zero-order chi connectivity index (χ0) is 17.0. The van der Waals surface area contributed by atoms with Gasteiger partial charge in [0, 0.05) is 33.4 Å². The Balaban J connectivity index is 0.00000312. The van der Waals surface area contributed by atoms with Crippen LogP contribution < -0.4 is 10.6 Å². The average Bonchev–Trinajstić information content (AvgIpc) is 2.63. The largest absolute Gasteiger partial charge is 0.380 e. The number of nitrogens with zero attached hydrogens (tertiary/aromatic N) is 1. The summed E-state index contributed by atoms with van der Waals surface area (Å²) in [5.74, 6) is 0.817. The second-order valence-corrected chi connectivity index (χ2v) is 5.93. The monoisotopic (exact) mass is 461 g/mol. The molecular weight excluding hydrogens is 429 g/mol. The van der Waals surface area contributed by atoms with E-state index in [0.29, 0.717) is 6.61 Å². The molecule has 2 N–H and O–H groups in total. The lowest BCUT2D eigenvalue weighted by Gasteiger charge is -2.25. The van der Waals surface area contributed by atoms with E-state index in [0.717, 1.165) is 45.1 Å². The van der Waals surface area contributed by atoms with Gasteiger partial charge in [-0.25, -0.2) is 0 Å². The van der Waals surface area contributed by atoms with E-state index in [1.165, 1.54) is 24.0 Å². The minimum atomic E-state index is 0. The summed E-state index contributed by atoms with van der Waals surface area (Å²) in [6.07, 6.45) is 4.76. The molecule has 142 valence electrons. The van der Waals surface area contributed by atoms with Crippen LogP contribution in [0.3, 0.4) is 0 Å². The van der Waals surface area contributed by atoms with Crippen molar-refractivity contribution in [1.29, 1.82) is 0 Å². The smallest absolute Gasteiger partial charge is 0.191 e. The summed E-state index contributed by atoms with van der Waals surface area (Å²) in [6.45, 7) is 5.82. The highest BCUT2D eigenvalue weighted by molar-refractivity contribution is 14.0. The molecule has 0 spiro atoms.